The Kier molecular flexibility index (Phi) is 4.34. The third kappa shape index (κ3) is 2.73. The smallest absolute Gasteiger partial charge is 0.0456 e. The average Bonchev–Trinajstić information content (AvgIpc) is 2.39. The second kappa shape index (κ2) is 5.63. The molecule has 1 nitrogen and oxygen atoms in total. The first-order valence-electron chi connectivity index (χ1n) is 7.09. The monoisotopic (exact) mass is 265 g/mol. The average molecular weight is 266 g/mol. The van der Waals surface area contributed by atoms with E-state index in [0.29, 0.717) is 5.92 Å². The molecule has 1 aromatic carbocycles. The van der Waals surface area contributed by atoms with Crippen LogP contribution in [0.25, 0.3) is 0 Å². The van der Waals surface area contributed by atoms with Crippen molar-refractivity contribution in [2.75, 3.05) is 0 Å². The molecule has 1 unspecified atom stereocenters. The normalized spacial score (nSPS) is 27.8. The lowest BCUT2D eigenvalue weighted by molar-refractivity contribution is 0.183. The molecule has 1 atom stereocenters. The Morgan fingerprint density at radius 3 is 2.39 bits per heavy atom. The van der Waals surface area contributed by atoms with E-state index in [-0.39, 0.29) is 5.54 Å². The fraction of sp³-hybridized carbons (Fsp3) is 0.625. The summed E-state index contributed by atoms with van der Waals surface area (Å²) in [6.07, 6.45) is 6.41. The standard InChI is InChI=1S/C16H24ClN/c1-3-12-8-10-13(11-9-12)16(2,18)14-6-4-5-7-15(14)17/h4-7,12-13H,3,8-11,18H2,1-2H3. The van der Waals surface area contributed by atoms with E-state index in [2.05, 4.69) is 19.9 Å². The van der Waals surface area contributed by atoms with E-state index < -0.39 is 0 Å². The topological polar surface area (TPSA) is 26.0 Å². The first-order chi connectivity index (χ1) is 8.55. The second-order valence-electron chi connectivity index (χ2n) is 5.89. The minimum absolute atomic E-state index is 0.295. The zero-order valence-electron chi connectivity index (χ0n) is 11.5. The first kappa shape index (κ1) is 13.9. The molecule has 0 saturated heterocycles. The van der Waals surface area contributed by atoms with Gasteiger partial charge in [0.15, 0.2) is 0 Å². The Bertz CT molecular complexity index is 392. The summed E-state index contributed by atoms with van der Waals surface area (Å²) >= 11 is 6.30. The maximum Gasteiger partial charge on any atom is 0.0456 e. The molecule has 2 heteroatoms. The number of benzene rings is 1. The van der Waals surface area contributed by atoms with Gasteiger partial charge in [-0.25, -0.2) is 0 Å². The maximum absolute atomic E-state index is 6.62. The molecule has 0 aromatic heterocycles. The fourth-order valence-corrected chi connectivity index (χ4v) is 3.63. The molecule has 0 heterocycles. The largest absolute Gasteiger partial charge is 0.321 e. The minimum atomic E-state index is -0.295. The quantitative estimate of drug-likeness (QED) is 0.840. The summed E-state index contributed by atoms with van der Waals surface area (Å²) in [4.78, 5) is 0. The van der Waals surface area contributed by atoms with Crippen LogP contribution < -0.4 is 5.73 Å². The Morgan fingerprint density at radius 2 is 1.83 bits per heavy atom. The van der Waals surface area contributed by atoms with Gasteiger partial charge in [0.25, 0.3) is 0 Å². The summed E-state index contributed by atoms with van der Waals surface area (Å²) in [5.41, 5.74) is 7.42. The molecular formula is C16H24ClN. The van der Waals surface area contributed by atoms with E-state index in [1.54, 1.807) is 0 Å². The van der Waals surface area contributed by atoms with Crippen molar-refractivity contribution < 1.29 is 0 Å². The lowest BCUT2D eigenvalue weighted by Crippen LogP contribution is -2.43. The van der Waals surface area contributed by atoms with Crippen molar-refractivity contribution in [1.82, 2.24) is 0 Å². The molecule has 18 heavy (non-hydrogen) atoms. The maximum atomic E-state index is 6.62. The molecule has 1 aliphatic carbocycles. The van der Waals surface area contributed by atoms with Crippen LogP contribution in [-0.2, 0) is 5.54 Å². The highest BCUT2D eigenvalue weighted by Gasteiger charge is 2.35. The van der Waals surface area contributed by atoms with E-state index >= 15 is 0 Å². The summed E-state index contributed by atoms with van der Waals surface area (Å²) in [6.45, 7) is 4.44. The van der Waals surface area contributed by atoms with Gasteiger partial charge in [-0.1, -0.05) is 56.0 Å². The van der Waals surface area contributed by atoms with Crippen molar-refractivity contribution in [2.45, 2.75) is 51.5 Å². The lowest BCUT2D eigenvalue weighted by atomic mass is 9.70. The van der Waals surface area contributed by atoms with Crippen LogP contribution in [0.1, 0.15) is 51.5 Å². The highest BCUT2D eigenvalue weighted by molar-refractivity contribution is 6.31. The Labute approximate surface area is 116 Å². The van der Waals surface area contributed by atoms with E-state index in [4.69, 9.17) is 17.3 Å². The van der Waals surface area contributed by atoms with Crippen LogP contribution in [-0.4, -0.2) is 0 Å². The predicted molar refractivity (Wildman–Crippen MR) is 78.7 cm³/mol. The number of hydrogen-bond acceptors (Lipinski definition) is 1. The van der Waals surface area contributed by atoms with Crippen LogP contribution in [0.3, 0.4) is 0 Å². The van der Waals surface area contributed by atoms with Crippen LogP contribution >= 0.6 is 11.6 Å². The molecule has 2 N–H and O–H groups in total. The van der Waals surface area contributed by atoms with Crippen molar-refractivity contribution in [1.29, 1.82) is 0 Å². The van der Waals surface area contributed by atoms with Crippen LogP contribution in [0.15, 0.2) is 24.3 Å². The molecule has 1 aliphatic rings. The van der Waals surface area contributed by atoms with E-state index in [1.165, 1.54) is 32.1 Å². The molecule has 1 saturated carbocycles. The van der Waals surface area contributed by atoms with Crippen molar-refractivity contribution in [3.05, 3.63) is 34.9 Å². The van der Waals surface area contributed by atoms with Crippen LogP contribution in [0.2, 0.25) is 5.02 Å². The first-order valence-corrected chi connectivity index (χ1v) is 7.47. The van der Waals surface area contributed by atoms with Gasteiger partial charge in [0.05, 0.1) is 0 Å². The zero-order chi connectivity index (χ0) is 13.2. The Balaban J connectivity index is 2.14. The van der Waals surface area contributed by atoms with Gasteiger partial charge in [0, 0.05) is 10.6 Å². The predicted octanol–water partition coefficient (Wildman–Crippen LogP) is 4.73. The third-order valence-corrected chi connectivity index (χ3v) is 5.06. The molecule has 1 fully saturated rings. The molecular weight excluding hydrogens is 242 g/mol. The Hall–Kier alpha value is -0.530. The summed E-state index contributed by atoms with van der Waals surface area (Å²) in [5, 5.41) is 0.806. The SMILES string of the molecule is CCC1CCC(C(C)(N)c2ccccc2Cl)CC1. The number of nitrogens with two attached hydrogens (primary N) is 1. The fourth-order valence-electron chi connectivity index (χ4n) is 3.29. The van der Waals surface area contributed by atoms with Gasteiger partial charge >= 0.3 is 0 Å². The lowest BCUT2D eigenvalue weighted by Gasteiger charge is -2.39. The Morgan fingerprint density at radius 1 is 1.22 bits per heavy atom. The van der Waals surface area contributed by atoms with Gasteiger partial charge in [-0.3, -0.25) is 0 Å². The van der Waals surface area contributed by atoms with Gasteiger partial charge in [-0.05, 0) is 43.2 Å². The second-order valence-corrected chi connectivity index (χ2v) is 6.30. The molecule has 2 rings (SSSR count). The van der Waals surface area contributed by atoms with Gasteiger partial charge in [0.2, 0.25) is 0 Å². The molecule has 0 spiro atoms. The van der Waals surface area contributed by atoms with Crippen molar-refractivity contribution in [3.8, 4) is 0 Å². The number of hydrogen-bond donors (Lipinski definition) is 1. The molecule has 100 valence electrons. The summed E-state index contributed by atoms with van der Waals surface area (Å²) < 4.78 is 0. The zero-order valence-corrected chi connectivity index (χ0v) is 12.2. The summed E-state index contributed by atoms with van der Waals surface area (Å²) in [7, 11) is 0. The molecule has 0 radical (unpaired) electrons. The molecule has 0 amide bonds. The van der Waals surface area contributed by atoms with E-state index in [1.807, 2.05) is 18.2 Å². The van der Waals surface area contributed by atoms with Gasteiger partial charge in [-0.2, -0.15) is 0 Å². The minimum Gasteiger partial charge on any atom is -0.321 e. The molecule has 0 bridgehead atoms. The third-order valence-electron chi connectivity index (χ3n) is 4.73. The van der Waals surface area contributed by atoms with E-state index in [0.717, 1.165) is 16.5 Å². The highest BCUT2D eigenvalue weighted by Crippen LogP contribution is 2.41. The number of halogens is 1. The van der Waals surface area contributed by atoms with E-state index in [9.17, 15) is 0 Å². The van der Waals surface area contributed by atoms with Crippen molar-refractivity contribution >= 4 is 11.6 Å². The van der Waals surface area contributed by atoms with Gasteiger partial charge in [0.1, 0.15) is 0 Å². The summed E-state index contributed by atoms with van der Waals surface area (Å²) in [6, 6.07) is 8.02. The highest BCUT2D eigenvalue weighted by atomic mass is 35.5. The number of rotatable bonds is 3. The van der Waals surface area contributed by atoms with Crippen molar-refractivity contribution in [3.63, 3.8) is 0 Å². The summed E-state index contributed by atoms with van der Waals surface area (Å²) in [5.74, 6) is 1.46. The van der Waals surface area contributed by atoms with Crippen molar-refractivity contribution in [2.24, 2.45) is 17.6 Å². The van der Waals surface area contributed by atoms with Gasteiger partial charge in [-0.15, -0.1) is 0 Å². The molecule has 0 aliphatic heterocycles. The van der Waals surface area contributed by atoms with Crippen LogP contribution in [0.4, 0.5) is 0 Å². The van der Waals surface area contributed by atoms with Gasteiger partial charge < -0.3 is 5.73 Å². The van der Waals surface area contributed by atoms with Crippen LogP contribution in [0, 0.1) is 11.8 Å². The molecule has 1 aromatic rings. The van der Waals surface area contributed by atoms with Crippen LogP contribution in [0.5, 0.6) is 0 Å².